The van der Waals surface area contributed by atoms with Gasteiger partial charge in [0.2, 0.25) is 0 Å². The molecule has 51 heavy (non-hydrogen) atoms. The number of hydrogen-bond acceptors (Lipinski definition) is 13. The Morgan fingerprint density at radius 1 is 1.00 bits per heavy atom. The van der Waals surface area contributed by atoms with E-state index in [0.29, 0.717) is 6.42 Å². The number of aliphatic hydroxyl groups excluding tert-OH is 5. The minimum absolute atomic E-state index is 0.0549. The number of carbonyl (C=O) groups excluding carboxylic acids is 4. The molecule has 1 heterocycles. The van der Waals surface area contributed by atoms with Gasteiger partial charge >= 0.3 is 5.97 Å². The number of Topliss-reactive ketones (excluding diaryl/α,β-unsaturated/α-hetero) is 2. The average molecular weight is 721 g/mol. The Kier molecular flexibility index (Phi) is 10.1. The van der Waals surface area contributed by atoms with Crippen LogP contribution < -0.4 is 0 Å². The van der Waals surface area contributed by atoms with Gasteiger partial charge in [-0.1, -0.05) is 32.4 Å². The van der Waals surface area contributed by atoms with Crippen molar-refractivity contribution < 1.29 is 64.0 Å². The third-order valence-electron chi connectivity index (χ3n) is 13.7. The quantitative estimate of drug-likeness (QED) is 0.119. The standard InChI is InChI=1S/C38H56O13/c1-18(40)51-33(2,3)13-12-25(42)38(9,48)30-21(41)15-35(6)24-11-10-19-20(37(24,8)26(43)16-36(30,35)7)14-22(31(47)34(19,4)5)49-32-29(46)28(45)27(44)23(17-39)50-32/h10,12-13,20-24,27-30,32,39,41,44-46,48H,11,14-17H2,1-9H3/t20-,21-,22+,23-,24+,27-,28+,29-,30?,32-,35+,36-,37+,38+/m1/s1. The Morgan fingerprint density at radius 2 is 1.63 bits per heavy atom. The van der Waals surface area contributed by atoms with E-state index in [1.165, 1.54) is 19.9 Å². The first-order valence-corrected chi connectivity index (χ1v) is 17.9. The van der Waals surface area contributed by atoms with Gasteiger partial charge in [-0.2, -0.15) is 0 Å². The molecule has 5 rings (SSSR count). The predicted octanol–water partition coefficient (Wildman–Crippen LogP) is 1.32. The van der Waals surface area contributed by atoms with Gasteiger partial charge in [0, 0.05) is 30.1 Å². The average Bonchev–Trinajstić information content (AvgIpc) is 3.22. The maximum absolute atomic E-state index is 14.8. The summed E-state index contributed by atoms with van der Waals surface area (Å²) in [6, 6.07) is 0. The first-order chi connectivity index (χ1) is 23.3. The molecule has 0 spiro atoms. The fourth-order valence-electron chi connectivity index (χ4n) is 10.8. The summed E-state index contributed by atoms with van der Waals surface area (Å²) in [6.07, 6.45) is -4.90. The third-order valence-corrected chi connectivity index (χ3v) is 13.7. The number of fused-ring (bicyclic) bond motifs is 5. The molecule has 1 saturated heterocycles. The van der Waals surface area contributed by atoms with Crippen molar-refractivity contribution in [3.8, 4) is 0 Å². The van der Waals surface area contributed by atoms with Crippen molar-refractivity contribution in [1.82, 2.24) is 0 Å². The monoisotopic (exact) mass is 720 g/mol. The highest BCUT2D eigenvalue weighted by atomic mass is 16.7. The van der Waals surface area contributed by atoms with Gasteiger partial charge < -0.3 is 44.8 Å². The van der Waals surface area contributed by atoms with E-state index < -0.39 is 106 Å². The molecule has 13 nitrogen and oxygen atoms in total. The summed E-state index contributed by atoms with van der Waals surface area (Å²) in [5, 5.41) is 64.7. The van der Waals surface area contributed by atoms with Gasteiger partial charge in [-0.3, -0.25) is 19.2 Å². The van der Waals surface area contributed by atoms with Crippen LogP contribution in [0.3, 0.4) is 0 Å². The fraction of sp³-hybridized carbons (Fsp3) is 0.789. The zero-order chi connectivity index (χ0) is 38.4. The zero-order valence-electron chi connectivity index (χ0n) is 31.1. The molecular weight excluding hydrogens is 664 g/mol. The minimum atomic E-state index is -2.08. The summed E-state index contributed by atoms with van der Waals surface area (Å²) in [5.41, 5.74) is -6.34. The van der Waals surface area contributed by atoms with Crippen molar-refractivity contribution in [2.24, 2.45) is 39.4 Å². The van der Waals surface area contributed by atoms with Crippen LogP contribution in [-0.4, -0.2) is 115 Å². The van der Waals surface area contributed by atoms with Crippen molar-refractivity contribution in [3.63, 3.8) is 0 Å². The first kappa shape index (κ1) is 39.8. The lowest BCUT2D eigenvalue weighted by atomic mass is 9.38. The van der Waals surface area contributed by atoms with E-state index in [1.54, 1.807) is 27.7 Å². The first-order valence-electron chi connectivity index (χ1n) is 17.9. The Balaban J connectivity index is 1.48. The number of ether oxygens (including phenoxy) is 3. The molecule has 0 aromatic carbocycles. The van der Waals surface area contributed by atoms with Crippen LogP contribution in [0, 0.1) is 39.4 Å². The Morgan fingerprint density at radius 3 is 2.22 bits per heavy atom. The SMILES string of the molecule is CC(=O)OC(C)(C)C=CC(=O)[C@](C)(O)C1[C@H](O)C[C@@]2(C)[C@@H]3CC=C4[C@@H](C[C@H](O[C@@H]5O[C@H](CO)[C@@H](O)[C@H](O)[C@H]5O)C(=O)C4(C)C)[C@]3(C)C(=O)C[C@]12C. The highest BCUT2D eigenvalue weighted by molar-refractivity contribution is 5.98. The molecule has 1 unspecified atom stereocenters. The molecule has 0 radical (unpaired) electrons. The molecule has 4 aliphatic carbocycles. The van der Waals surface area contributed by atoms with Crippen LogP contribution in [0.5, 0.6) is 0 Å². The van der Waals surface area contributed by atoms with Crippen molar-refractivity contribution in [1.29, 1.82) is 0 Å². The molecule has 6 N–H and O–H groups in total. The van der Waals surface area contributed by atoms with Crippen LogP contribution in [0.1, 0.15) is 88.0 Å². The van der Waals surface area contributed by atoms with E-state index >= 15 is 0 Å². The molecule has 4 fully saturated rings. The number of rotatable bonds is 8. The summed E-state index contributed by atoms with van der Waals surface area (Å²) in [6.45, 7) is 14.4. The summed E-state index contributed by atoms with van der Waals surface area (Å²) in [7, 11) is 0. The zero-order valence-corrected chi connectivity index (χ0v) is 31.1. The summed E-state index contributed by atoms with van der Waals surface area (Å²) >= 11 is 0. The van der Waals surface area contributed by atoms with Crippen molar-refractivity contribution in [3.05, 3.63) is 23.8 Å². The number of hydrogen-bond donors (Lipinski definition) is 6. The molecule has 286 valence electrons. The van der Waals surface area contributed by atoms with E-state index in [1.807, 2.05) is 26.8 Å². The largest absolute Gasteiger partial charge is 0.456 e. The Hall–Kier alpha value is -2.36. The van der Waals surface area contributed by atoms with Crippen LogP contribution in [0.15, 0.2) is 23.8 Å². The lowest BCUT2D eigenvalue weighted by Crippen LogP contribution is -2.66. The van der Waals surface area contributed by atoms with E-state index in [2.05, 4.69) is 0 Å². The molecule has 3 saturated carbocycles. The second-order valence-corrected chi connectivity index (χ2v) is 17.6. The normalized spacial score (nSPS) is 45.0. The lowest BCUT2D eigenvalue weighted by molar-refractivity contribution is -0.311. The van der Waals surface area contributed by atoms with E-state index in [4.69, 9.17) is 14.2 Å². The maximum atomic E-state index is 14.8. The number of esters is 1. The number of ketones is 3. The smallest absolute Gasteiger partial charge is 0.303 e. The van der Waals surface area contributed by atoms with E-state index in [0.717, 1.165) is 11.6 Å². The van der Waals surface area contributed by atoms with Crippen LogP contribution in [0.4, 0.5) is 0 Å². The maximum Gasteiger partial charge on any atom is 0.303 e. The molecule has 5 aliphatic rings. The molecule has 0 bridgehead atoms. The molecule has 0 aromatic heterocycles. The highest BCUT2D eigenvalue weighted by Crippen LogP contribution is 2.74. The van der Waals surface area contributed by atoms with Gasteiger partial charge in [-0.05, 0) is 88.7 Å². The highest BCUT2D eigenvalue weighted by Gasteiger charge is 2.74. The van der Waals surface area contributed by atoms with E-state index in [9.17, 15) is 49.8 Å². The van der Waals surface area contributed by atoms with Gasteiger partial charge in [0.05, 0.1) is 12.7 Å². The minimum Gasteiger partial charge on any atom is -0.456 e. The van der Waals surface area contributed by atoms with Gasteiger partial charge in [0.25, 0.3) is 0 Å². The molecule has 1 aliphatic heterocycles. The second kappa shape index (κ2) is 12.9. The number of aliphatic hydroxyl groups is 6. The fourth-order valence-corrected chi connectivity index (χ4v) is 10.8. The lowest BCUT2D eigenvalue weighted by Gasteiger charge is -2.64. The van der Waals surface area contributed by atoms with E-state index in [-0.39, 0.29) is 36.7 Å². The molecule has 0 aromatic rings. The Labute approximate surface area is 299 Å². The third kappa shape index (κ3) is 6.00. The van der Waals surface area contributed by atoms with Gasteiger partial charge in [0.1, 0.15) is 47.5 Å². The van der Waals surface area contributed by atoms with Crippen molar-refractivity contribution >= 4 is 23.3 Å². The summed E-state index contributed by atoms with van der Waals surface area (Å²) in [5.74, 6) is -3.56. The predicted molar refractivity (Wildman–Crippen MR) is 180 cm³/mol. The number of allylic oxidation sites excluding steroid dienone is 2. The van der Waals surface area contributed by atoms with Crippen LogP contribution in [0.25, 0.3) is 0 Å². The van der Waals surface area contributed by atoms with Crippen LogP contribution in [-0.2, 0) is 33.4 Å². The Bertz CT molecular complexity index is 1510. The molecular formula is C38H56O13. The number of carbonyl (C=O) groups is 4. The molecule has 13 heteroatoms. The second-order valence-electron chi connectivity index (χ2n) is 17.6. The van der Waals surface area contributed by atoms with Crippen molar-refractivity contribution in [2.45, 2.75) is 142 Å². The van der Waals surface area contributed by atoms with Gasteiger partial charge in [-0.15, -0.1) is 0 Å². The van der Waals surface area contributed by atoms with Gasteiger partial charge in [-0.25, -0.2) is 0 Å². The van der Waals surface area contributed by atoms with Crippen LogP contribution in [0.2, 0.25) is 0 Å². The molecule has 0 amide bonds. The topological polar surface area (TPSA) is 217 Å². The van der Waals surface area contributed by atoms with Gasteiger partial charge in [0.15, 0.2) is 17.9 Å². The van der Waals surface area contributed by atoms with Crippen LogP contribution >= 0.6 is 0 Å². The summed E-state index contributed by atoms with van der Waals surface area (Å²) < 4.78 is 16.9. The van der Waals surface area contributed by atoms with Crippen molar-refractivity contribution in [2.75, 3.05) is 6.61 Å². The summed E-state index contributed by atoms with van der Waals surface area (Å²) in [4.78, 5) is 54.0. The molecule has 14 atom stereocenters.